The van der Waals surface area contributed by atoms with Crippen molar-refractivity contribution in [1.82, 2.24) is 5.32 Å². The highest BCUT2D eigenvalue weighted by Crippen LogP contribution is 2.00. The summed E-state index contributed by atoms with van der Waals surface area (Å²) in [5, 5.41) is 3.53. The van der Waals surface area contributed by atoms with Gasteiger partial charge in [0.15, 0.2) is 0 Å². The molecule has 0 bridgehead atoms. The van der Waals surface area contributed by atoms with Crippen LogP contribution >= 0.6 is 0 Å². The topological polar surface area (TPSA) is 12.0 Å². The average molecular weight is 183 g/mol. The molecule has 0 aliphatic heterocycles. The Morgan fingerprint density at radius 1 is 1.31 bits per heavy atom. The van der Waals surface area contributed by atoms with Crippen molar-refractivity contribution < 1.29 is 0 Å². The standard InChI is InChI=1S/C12H25N/c1-4-6-7-8-9-11-13-12(3)10-5-2/h4,12-13H,1,5-11H2,2-3H3. The lowest BCUT2D eigenvalue weighted by molar-refractivity contribution is 0.492. The third-order valence-electron chi connectivity index (χ3n) is 2.30. The highest BCUT2D eigenvalue weighted by Gasteiger charge is 1.97. The molecule has 0 aromatic carbocycles. The summed E-state index contributed by atoms with van der Waals surface area (Å²) in [7, 11) is 0. The van der Waals surface area contributed by atoms with Crippen LogP contribution in [0.1, 0.15) is 52.4 Å². The van der Waals surface area contributed by atoms with Gasteiger partial charge in [-0.2, -0.15) is 0 Å². The first-order valence-electron chi connectivity index (χ1n) is 5.65. The molecule has 78 valence electrons. The third kappa shape index (κ3) is 9.62. The third-order valence-corrected chi connectivity index (χ3v) is 2.30. The average Bonchev–Trinajstić information content (AvgIpc) is 2.11. The van der Waals surface area contributed by atoms with Gasteiger partial charge in [-0.1, -0.05) is 25.8 Å². The molecule has 0 amide bonds. The maximum atomic E-state index is 3.72. The summed E-state index contributed by atoms with van der Waals surface area (Å²) in [6.07, 6.45) is 9.70. The second kappa shape index (κ2) is 9.79. The minimum absolute atomic E-state index is 0.699. The number of hydrogen-bond acceptors (Lipinski definition) is 1. The normalized spacial score (nSPS) is 12.8. The van der Waals surface area contributed by atoms with E-state index in [1.54, 1.807) is 0 Å². The van der Waals surface area contributed by atoms with E-state index in [9.17, 15) is 0 Å². The van der Waals surface area contributed by atoms with Crippen LogP contribution in [0.3, 0.4) is 0 Å². The maximum absolute atomic E-state index is 3.72. The van der Waals surface area contributed by atoms with E-state index in [4.69, 9.17) is 0 Å². The summed E-state index contributed by atoms with van der Waals surface area (Å²) in [6, 6.07) is 0.699. The minimum atomic E-state index is 0.699. The van der Waals surface area contributed by atoms with E-state index in [0.717, 1.165) is 0 Å². The van der Waals surface area contributed by atoms with Crippen molar-refractivity contribution in [3.8, 4) is 0 Å². The molecule has 0 aliphatic rings. The molecule has 0 heterocycles. The number of allylic oxidation sites excluding steroid dienone is 1. The zero-order valence-corrected chi connectivity index (χ0v) is 9.31. The first-order chi connectivity index (χ1) is 6.31. The van der Waals surface area contributed by atoms with Crippen LogP contribution in [0, 0.1) is 0 Å². The smallest absolute Gasteiger partial charge is 0.00386 e. The van der Waals surface area contributed by atoms with Crippen LogP contribution in [-0.4, -0.2) is 12.6 Å². The molecule has 1 unspecified atom stereocenters. The van der Waals surface area contributed by atoms with Crippen LogP contribution < -0.4 is 5.32 Å². The lowest BCUT2D eigenvalue weighted by atomic mass is 10.1. The molecule has 1 atom stereocenters. The van der Waals surface area contributed by atoms with E-state index in [-0.39, 0.29) is 0 Å². The molecule has 1 heteroatoms. The molecular formula is C12H25N. The van der Waals surface area contributed by atoms with Gasteiger partial charge in [-0.25, -0.2) is 0 Å². The fourth-order valence-electron chi connectivity index (χ4n) is 1.47. The van der Waals surface area contributed by atoms with E-state index in [0.29, 0.717) is 6.04 Å². The molecule has 1 N–H and O–H groups in total. The molecule has 0 aromatic heterocycles. The molecule has 0 radical (unpaired) electrons. The zero-order chi connectivity index (χ0) is 9.94. The van der Waals surface area contributed by atoms with Crippen molar-refractivity contribution in [3.05, 3.63) is 12.7 Å². The summed E-state index contributed by atoms with van der Waals surface area (Å²) in [4.78, 5) is 0. The highest BCUT2D eigenvalue weighted by atomic mass is 14.9. The van der Waals surface area contributed by atoms with Gasteiger partial charge in [0.05, 0.1) is 0 Å². The van der Waals surface area contributed by atoms with Gasteiger partial charge in [-0.05, 0) is 39.2 Å². The molecule has 0 saturated heterocycles. The first kappa shape index (κ1) is 12.7. The van der Waals surface area contributed by atoms with Gasteiger partial charge in [0.2, 0.25) is 0 Å². The Morgan fingerprint density at radius 3 is 2.69 bits per heavy atom. The fourth-order valence-corrected chi connectivity index (χ4v) is 1.47. The second-order valence-electron chi connectivity index (χ2n) is 3.78. The van der Waals surface area contributed by atoms with E-state index >= 15 is 0 Å². The van der Waals surface area contributed by atoms with Gasteiger partial charge < -0.3 is 5.32 Å². The Hall–Kier alpha value is -0.300. The number of nitrogens with one attached hydrogen (secondary N) is 1. The monoisotopic (exact) mass is 183 g/mol. The van der Waals surface area contributed by atoms with E-state index in [2.05, 4.69) is 25.7 Å². The predicted octanol–water partition coefficient (Wildman–Crippen LogP) is 3.51. The summed E-state index contributed by atoms with van der Waals surface area (Å²) in [6.45, 7) is 9.40. The lowest BCUT2D eigenvalue weighted by Gasteiger charge is -2.11. The second-order valence-corrected chi connectivity index (χ2v) is 3.78. The molecule has 0 aliphatic carbocycles. The number of unbranched alkanes of at least 4 members (excludes halogenated alkanes) is 3. The van der Waals surface area contributed by atoms with Crippen LogP contribution in [0.4, 0.5) is 0 Å². The van der Waals surface area contributed by atoms with Crippen molar-refractivity contribution in [1.29, 1.82) is 0 Å². The Kier molecular flexibility index (Phi) is 9.56. The van der Waals surface area contributed by atoms with Gasteiger partial charge in [-0.3, -0.25) is 0 Å². The van der Waals surface area contributed by atoms with Crippen LogP contribution in [0.2, 0.25) is 0 Å². The summed E-state index contributed by atoms with van der Waals surface area (Å²) >= 11 is 0. The number of hydrogen-bond donors (Lipinski definition) is 1. The van der Waals surface area contributed by atoms with Crippen LogP contribution in [-0.2, 0) is 0 Å². The predicted molar refractivity (Wildman–Crippen MR) is 61.0 cm³/mol. The molecule has 13 heavy (non-hydrogen) atoms. The van der Waals surface area contributed by atoms with Gasteiger partial charge in [0.1, 0.15) is 0 Å². The van der Waals surface area contributed by atoms with Crippen LogP contribution in [0.25, 0.3) is 0 Å². The molecule has 0 fully saturated rings. The fraction of sp³-hybridized carbons (Fsp3) is 0.833. The minimum Gasteiger partial charge on any atom is -0.314 e. The molecule has 0 spiro atoms. The first-order valence-corrected chi connectivity index (χ1v) is 5.65. The molecular weight excluding hydrogens is 158 g/mol. The van der Waals surface area contributed by atoms with E-state index in [1.807, 2.05) is 6.08 Å². The molecule has 0 rings (SSSR count). The van der Waals surface area contributed by atoms with Crippen LogP contribution in [0.15, 0.2) is 12.7 Å². The maximum Gasteiger partial charge on any atom is 0.00386 e. The Labute approximate surface area is 83.6 Å². The molecule has 0 saturated carbocycles. The van der Waals surface area contributed by atoms with E-state index < -0.39 is 0 Å². The Morgan fingerprint density at radius 2 is 2.08 bits per heavy atom. The van der Waals surface area contributed by atoms with Crippen LogP contribution in [0.5, 0.6) is 0 Å². The Balaban J connectivity index is 3.01. The van der Waals surface area contributed by atoms with E-state index in [1.165, 1.54) is 45.1 Å². The van der Waals surface area contributed by atoms with Crippen molar-refractivity contribution in [3.63, 3.8) is 0 Å². The molecule has 0 aromatic rings. The van der Waals surface area contributed by atoms with Crippen molar-refractivity contribution in [2.45, 2.75) is 58.4 Å². The highest BCUT2D eigenvalue weighted by molar-refractivity contribution is 4.66. The van der Waals surface area contributed by atoms with Gasteiger partial charge in [-0.15, -0.1) is 6.58 Å². The zero-order valence-electron chi connectivity index (χ0n) is 9.31. The number of rotatable bonds is 9. The van der Waals surface area contributed by atoms with Gasteiger partial charge >= 0.3 is 0 Å². The largest absolute Gasteiger partial charge is 0.314 e. The Bertz CT molecular complexity index is 110. The quantitative estimate of drug-likeness (QED) is 0.426. The lowest BCUT2D eigenvalue weighted by Crippen LogP contribution is -2.26. The van der Waals surface area contributed by atoms with Gasteiger partial charge in [0, 0.05) is 6.04 Å². The van der Waals surface area contributed by atoms with Gasteiger partial charge in [0.25, 0.3) is 0 Å². The summed E-state index contributed by atoms with van der Waals surface area (Å²) < 4.78 is 0. The van der Waals surface area contributed by atoms with Crippen molar-refractivity contribution in [2.75, 3.05) is 6.54 Å². The molecule has 1 nitrogen and oxygen atoms in total. The van der Waals surface area contributed by atoms with Crippen molar-refractivity contribution >= 4 is 0 Å². The SMILES string of the molecule is C=CCCCCCNC(C)CCC. The summed E-state index contributed by atoms with van der Waals surface area (Å²) in [5.74, 6) is 0. The summed E-state index contributed by atoms with van der Waals surface area (Å²) in [5.41, 5.74) is 0. The van der Waals surface area contributed by atoms with Crippen molar-refractivity contribution in [2.24, 2.45) is 0 Å².